The van der Waals surface area contributed by atoms with Crippen molar-refractivity contribution in [3.05, 3.63) is 95.1 Å². The van der Waals surface area contributed by atoms with Crippen LogP contribution >= 0.6 is 0 Å². The lowest BCUT2D eigenvalue weighted by Gasteiger charge is -2.20. The summed E-state index contributed by atoms with van der Waals surface area (Å²) in [5.41, 5.74) is 3.18. The predicted octanol–water partition coefficient (Wildman–Crippen LogP) is 4.81. The molecule has 2 atom stereocenters. The van der Waals surface area contributed by atoms with Crippen molar-refractivity contribution < 1.29 is 19.1 Å². The third-order valence-corrected chi connectivity index (χ3v) is 5.44. The lowest BCUT2D eigenvalue weighted by Crippen LogP contribution is -2.25. The van der Waals surface area contributed by atoms with Gasteiger partial charge in [-0.2, -0.15) is 0 Å². The van der Waals surface area contributed by atoms with Gasteiger partial charge in [-0.3, -0.25) is 14.4 Å². The fourth-order valence-electron chi connectivity index (χ4n) is 4.11. The number of ketones is 2. The molecule has 4 nitrogen and oxygen atoms in total. The molecule has 0 aromatic heterocycles. The highest BCUT2D eigenvalue weighted by molar-refractivity contribution is 6.11. The summed E-state index contributed by atoms with van der Waals surface area (Å²) >= 11 is 0. The number of Topliss-reactive ketones (excluding diaryl/α,β-unsaturated/α-hetero) is 2. The molecule has 0 aliphatic heterocycles. The third kappa shape index (κ3) is 5.31. The maximum atomic E-state index is 13.4. The highest BCUT2D eigenvalue weighted by atomic mass is 16.5. The molecule has 0 spiro atoms. The Morgan fingerprint density at radius 1 is 1.09 bits per heavy atom. The SMILES string of the molecule is C=C(C)C1=C(CC(=O)OCC)CC(C(C(=O)C#Cc2ccccc2)c2ccccc2)C1=O. The van der Waals surface area contributed by atoms with Crippen molar-refractivity contribution in [1.82, 2.24) is 0 Å². The summed E-state index contributed by atoms with van der Waals surface area (Å²) in [4.78, 5) is 38.8. The largest absolute Gasteiger partial charge is 0.466 e. The van der Waals surface area contributed by atoms with Crippen LogP contribution in [0.25, 0.3) is 0 Å². The summed E-state index contributed by atoms with van der Waals surface area (Å²) in [5, 5.41) is 0. The van der Waals surface area contributed by atoms with Crippen LogP contribution in [0.4, 0.5) is 0 Å². The van der Waals surface area contributed by atoms with Crippen molar-refractivity contribution in [2.75, 3.05) is 6.61 Å². The first kappa shape index (κ1) is 23.0. The van der Waals surface area contributed by atoms with Crippen molar-refractivity contribution in [2.24, 2.45) is 5.92 Å². The van der Waals surface area contributed by atoms with Gasteiger partial charge in [0.15, 0.2) is 5.78 Å². The zero-order valence-electron chi connectivity index (χ0n) is 18.4. The highest BCUT2D eigenvalue weighted by Crippen LogP contribution is 2.42. The summed E-state index contributed by atoms with van der Waals surface area (Å²) in [5.74, 6) is 3.41. The lowest BCUT2D eigenvalue weighted by molar-refractivity contribution is -0.142. The van der Waals surface area contributed by atoms with E-state index >= 15 is 0 Å². The van der Waals surface area contributed by atoms with Gasteiger partial charge in [-0.15, -0.1) is 0 Å². The molecular weight excluding hydrogens is 400 g/mol. The van der Waals surface area contributed by atoms with Crippen molar-refractivity contribution in [3.8, 4) is 11.8 Å². The molecule has 1 aliphatic carbocycles. The highest BCUT2D eigenvalue weighted by Gasteiger charge is 2.42. The van der Waals surface area contributed by atoms with Crippen molar-refractivity contribution in [1.29, 1.82) is 0 Å². The topological polar surface area (TPSA) is 60.4 Å². The Bertz CT molecular complexity index is 1110. The van der Waals surface area contributed by atoms with Crippen LogP contribution < -0.4 is 0 Å². The fourth-order valence-corrected chi connectivity index (χ4v) is 4.11. The van der Waals surface area contributed by atoms with Gasteiger partial charge in [-0.1, -0.05) is 61.0 Å². The Kier molecular flexibility index (Phi) is 7.57. The molecule has 0 amide bonds. The normalized spacial score (nSPS) is 16.2. The quantitative estimate of drug-likeness (QED) is 0.471. The molecule has 3 rings (SSSR count). The number of hydrogen-bond donors (Lipinski definition) is 0. The number of carbonyl (C=O) groups is 3. The van der Waals surface area contributed by atoms with Crippen LogP contribution in [0.2, 0.25) is 0 Å². The van der Waals surface area contributed by atoms with Crippen LogP contribution in [0, 0.1) is 17.8 Å². The number of carbonyl (C=O) groups excluding carboxylic acids is 3. The van der Waals surface area contributed by atoms with E-state index in [0.29, 0.717) is 23.1 Å². The maximum absolute atomic E-state index is 13.4. The molecular formula is C28H26O4. The predicted molar refractivity (Wildman–Crippen MR) is 124 cm³/mol. The number of esters is 1. The second-order valence-electron chi connectivity index (χ2n) is 7.78. The van der Waals surface area contributed by atoms with Crippen LogP contribution in [0.15, 0.2) is 84.0 Å². The van der Waals surface area contributed by atoms with E-state index in [-0.39, 0.29) is 30.6 Å². The average molecular weight is 427 g/mol. The third-order valence-electron chi connectivity index (χ3n) is 5.44. The molecule has 0 heterocycles. The molecule has 2 aromatic rings. The zero-order chi connectivity index (χ0) is 23.1. The number of rotatable bonds is 7. The number of benzene rings is 2. The summed E-state index contributed by atoms with van der Waals surface area (Å²) in [6.07, 6.45) is 0.321. The number of ether oxygens (including phenoxy) is 1. The first-order valence-electron chi connectivity index (χ1n) is 10.7. The summed E-state index contributed by atoms with van der Waals surface area (Å²) in [6.45, 7) is 7.69. The van der Waals surface area contributed by atoms with Gasteiger partial charge < -0.3 is 4.74 Å². The molecule has 0 fully saturated rings. The second kappa shape index (κ2) is 10.5. The molecule has 0 bridgehead atoms. The summed E-state index contributed by atoms with van der Waals surface area (Å²) < 4.78 is 5.08. The van der Waals surface area contributed by atoms with Crippen molar-refractivity contribution >= 4 is 17.5 Å². The van der Waals surface area contributed by atoms with Gasteiger partial charge in [0.05, 0.1) is 18.9 Å². The zero-order valence-corrected chi connectivity index (χ0v) is 18.4. The Labute approximate surface area is 189 Å². The molecule has 32 heavy (non-hydrogen) atoms. The van der Waals surface area contributed by atoms with Crippen LogP contribution in [-0.4, -0.2) is 24.1 Å². The number of hydrogen-bond acceptors (Lipinski definition) is 4. The Balaban J connectivity index is 1.96. The van der Waals surface area contributed by atoms with E-state index in [1.165, 1.54) is 0 Å². The lowest BCUT2D eigenvalue weighted by atomic mass is 9.79. The Morgan fingerprint density at radius 2 is 1.72 bits per heavy atom. The van der Waals surface area contributed by atoms with E-state index in [2.05, 4.69) is 18.4 Å². The molecule has 4 heteroatoms. The monoisotopic (exact) mass is 426 g/mol. The standard InChI is InChI=1S/C28H26O4/c1-4-32-25(30)18-22-17-23(28(31)26(22)19(2)3)27(21-13-9-6-10-14-21)24(29)16-15-20-11-7-5-8-12-20/h5-14,23,27H,2,4,17-18H2,1,3H3. The van der Waals surface area contributed by atoms with Gasteiger partial charge in [0.1, 0.15) is 0 Å². The van der Waals surface area contributed by atoms with Gasteiger partial charge in [0.25, 0.3) is 0 Å². The van der Waals surface area contributed by atoms with E-state index in [4.69, 9.17) is 4.74 Å². The van der Waals surface area contributed by atoms with E-state index in [1.807, 2.05) is 60.7 Å². The molecule has 1 aliphatic rings. The van der Waals surface area contributed by atoms with Crippen LogP contribution in [0.3, 0.4) is 0 Å². The second-order valence-corrected chi connectivity index (χ2v) is 7.78. The fraction of sp³-hybridized carbons (Fsp3) is 0.250. The minimum atomic E-state index is -0.728. The molecule has 0 N–H and O–H groups in total. The molecule has 0 radical (unpaired) electrons. The average Bonchev–Trinajstić information content (AvgIpc) is 3.09. The van der Waals surface area contributed by atoms with Crippen molar-refractivity contribution in [2.45, 2.75) is 32.6 Å². The summed E-state index contributed by atoms with van der Waals surface area (Å²) in [7, 11) is 0. The van der Waals surface area contributed by atoms with Gasteiger partial charge >= 0.3 is 5.97 Å². The van der Waals surface area contributed by atoms with Gasteiger partial charge in [0.2, 0.25) is 5.78 Å². The smallest absolute Gasteiger partial charge is 0.309 e. The maximum Gasteiger partial charge on any atom is 0.309 e. The number of allylic oxidation sites excluding steroid dienone is 2. The Morgan fingerprint density at radius 3 is 2.31 bits per heavy atom. The summed E-state index contributed by atoms with van der Waals surface area (Å²) in [6, 6.07) is 18.5. The molecule has 2 aromatic carbocycles. The first-order valence-corrected chi connectivity index (χ1v) is 10.7. The van der Waals surface area contributed by atoms with E-state index in [0.717, 1.165) is 11.1 Å². The van der Waals surface area contributed by atoms with Gasteiger partial charge in [0, 0.05) is 17.1 Å². The van der Waals surface area contributed by atoms with Gasteiger partial charge in [-0.05, 0) is 55.0 Å². The Hall–Kier alpha value is -3.71. The van der Waals surface area contributed by atoms with Crippen molar-refractivity contribution in [3.63, 3.8) is 0 Å². The van der Waals surface area contributed by atoms with E-state index in [9.17, 15) is 14.4 Å². The van der Waals surface area contributed by atoms with Crippen LogP contribution in [0.1, 0.15) is 43.7 Å². The molecule has 162 valence electrons. The van der Waals surface area contributed by atoms with E-state index < -0.39 is 11.8 Å². The van der Waals surface area contributed by atoms with Crippen LogP contribution in [-0.2, 0) is 19.1 Å². The first-order chi connectivity index (χ1) is 15.4. The molecule has 2 unspecified atom stereocenters. The molecule has 0 saturated heterocycles. The van der Waals surface area contributed by atoms with E-state index in [1.54, 1.807) is 13.8 Å². The minimum Gasteiger partial charge on any atom is -0.466 e. The molecule has 0 saturated carbocycles. The van der Waals surface area contributed by atoms with Crippen LogP contribution in [0.5, 0.6) is 0 Å². The minimum absolute atomic E-state index is 0.0175. The van der Waals surface area contributed by atoms with Gasteiger partial charge in [-0.25, -0.2) is 0 Å².